The summed E-state index contributed by atoms with van der Waals surface area (Å²) in [5.74, 6) is -0.0137. The Morgan fingerprint density at radius 1 is 1.47 bits per heavy atom. The molecule has 1 aromatic carbocycles. The van der Waals surface area contributed by atoms with Gasteiger partial charge in [0.25, 0.3) is 5.91 Å². The van der Waals surface area contributed by atoms with Gasteiger partial charge in [-0.3, -0.25) is 4.79 Å². The largest absolute Gasteiger partial charge is 0.349 e. The predicted molar refractivity (Wildman–Crippen MR) is 84.9 cm³/mol. The van der Waals surface area contributed by atoms with E-state index in [-0.39, 0.29) is 11.9 Å². The maximum absolute atomic E-state index is 12.3. The van der Waals surface area contributed by atoms with Gasteiger partial charge in [-0.1, -0.05) is 36.2 Å². The van der Waals surface area contributed by atoms with E-state index in [4.69, 9.17) is 0 Å². The van der Waals surface area contributed by atoms with E-state index in [1.54, 1.807) is 0 Å². The molecule has 0 spiro atoms. The first-order valence-electron chi connectivity index (χ1n) is 6.67. The van der Waals surface area contributed by atoms with Crippen molar-refractivity contribution in [2.24, 2.45) is 5.41 Å². The summed E-state index contributed by atoms with van der Waals surface area (Å²) in [6.07, 6.45) is 4.56. The molecule has 4 heteroatoms. The Kier molecular flexibility index (Phi) is 4.62. The molecule has 2 rings (SSSR count). The molecule has 0 saturated heterocycles. The van der Waals surface area contributed by atoms with Crippen LogP contribution >= 0.6 is 28.6 Å². The van der Waals surface area contributed by atoms with E-state index in [9.17, 15) is 4.79 Å². The fraction of sp³-hybridized carbons (Fsp3) is 0.533. The summed E-state index contributed by atoms with van der Waals surface area (Å²) >= 11 is 7.75. The SMILES string of the molecule is CC1(C)CCCC(NC(=O)c2ccc(Br)cc2S)C1. The second-order valence-electron chi connectivity index (χ2n) is 6.09. The van der Waals surface area contributed by atoms with E-state index < -0.39 is 0 Å². The standard InChI is InChI=1S/C15H20BrNOS/c1-15(2)7-3-4-11(9-15)17-14(18)12-6-5-10(16)8-13(12)19/h5-6,8,11,19H,3-4,7,9H2,1-2H3,(H,17,18). The number of amides is 1. The molecule has 1 aliphatic rings. The molecule has 0 aliphatic heterocycles. The first-order valence-corrected chi connectivity index (χ1v) is 7.91. The van der Waals surface area contributed by atoms with Gasteiger partial charge in [0.05, 0.1) is 5.56 Å². The first-order chi connectivity index (χ1) is 8.87. The second kappa shape index (κ2) is 5.88. The summed E-state index contributed by atoms with van der Waals surface area (Å²) in [5, 5.41) is 3.15. The van der Waals surface area contributed by atoms with Gasteiger partial charge in [0.15, 0.2) is 0 Å². The van der Waals surface area contributed by atoms with Gasteiger partial charge in [-0.05, 0) is 42.9 Å². The molecule has 19 heavy (non-hydrogen) atoms. The molecule has 1 atom stereocenters. The molecular weight excluding hydrogens is 322 g/mol. The van der Waals surface area contributed by atoms with Crippen molar-refractivity contribution < 1.29 is 4.79 Å². The predicted octanol–water partition coefficient (Wildman–Crippen LogP) is 4.44. The van der Waals surface area contributed by atoms with Gasteiger partial charge < -0.3 is 5.32 Å². The lowest BCUT2D eigenvalue weighted by Crippen LogP contribution is -2.40. The highest BCUT2D eigenvalue weighted by Crippen LogP contribution is 2.35. The quantitative estimate of drug-likeness (QED) is 0.765. The smallest absolute Gasteiger partial charge is 0.252 e. The Balaban J connectivity index is 2.04. The molecule has 1 saturated carbocycles. The summed E-state index contributed by atoms with van der Waals surface area (Å²) in [7, 11) is 0. The molecule has 1 unspecified atom stereocenters. The molecule has 0 heterocycles. The molecule has 1 aromatic rings. The number of nitrogens with one attached hydrogen (secondary N) is 1. The molecule has 0 bridgehead atoms. The van der Waals surface area contributed by atoms with Gasteiger partial charge >= 0.3 is 0 Å². The van der Waals surface area contributed by atoms with Gasteiger partial charge in [-0.15, -0.1) is 12.6 Å². The normalized spacial score (nSPS) is 22.0. The average Bonchev–Trinajstić information content (AvgIpc) is 2.27. The lowest BCUT2D eigenvalue weighted by atomic mass is 9.75. The molecule has 1 N–H and O–H groups in total. The minimum atomic E-state index is -0.0137. The van der Waals surface area contributed by atoms with Crippen LogP contribution in [0.1, 0.15) is 49.9 Å². The van der Waals surface area contributed by atoms with Crippen LogP contribution in [-0.4, -0.2) is 11.9 Å². The third-order valence-corrected chi connectivity index (χ3v) is 4.61. The summed E-state index contributed by atoms with van der Waals surface area (Å²) in [5.41, 5.74) is 0.981. The van der Waals surface area contributed by atoms with Gasteiger partial charge in [-0.25, -0.2) is 0 Å². The molecule has 104 valence electrons. The summed E-state index contributed by atoms with van der Waals surface area (Å²) in [6.45, 7) is 4.55. The minimum absolute atomic E-state index is 0.0137. The monoisotopic (exact) mass is 341 g/mol. The third-order valence-electron chi connectivity index (χ3n) is 3.74. The van der Waals surface area contributed by atoms with Crippen LogP contribution in [0.3, 0.4) is 0 Å². The zero-order valence-electron chi connectivity index (χ0n) is 11.4. The summed E-state index contributed by atoms with van der Waals surface area (Å²) < 4.78 is 0.938. The van der Waals surface area contributed by atoms with E-state index in [0.29, 0.717) is 15.9 Å². The van der Waals surface area contributed by atoms with Crippen LogP contribution in [0.25, 0.3) is 0 Å². The number of benzene rings is 1. The maximum atomic E-state index is 12.3. The molecule has 1 fully saturated rings. The Hall–Kier alpha value is -0.480. The van der Waals surface area contributed by atoms with E-state index >= 15 is 0 Å². The summed E-state index contributed by atoms with van der Waals surface area (Å²) in [6, 6.07) is 5.82. The maximum Gasteiger partial charge on any atom is 0.252 e. The zero-order chi connectivity index (χ0) is 14.0. The van der Waals surface area contributed by atoms with Crippen LogP contribution in [0.15, 0.2) is 27.6 Å². The number of carbonyl (C=O) groups excluding carboxylic acids is 1. The van der Waals surface area contributed by atoms with E-state index in [1.807, 2.05) is 18.2 Å². The van der Waals surface area contributed by atoms with Gasteiger partial charge in [-0.2, -0.15) is 0 Å². The fourth-order valence-corrected chi connectivity index (χ4v) is 3.63. The number of rotatable bonds is 2. The van der Waals surface area contributed by atoms with Crippen molar-refractivity contribution in [1.82, 2.24) is 5.32 Å². The Morgan fingerprint density at radius 3 is 2.84 bits per heavy atom. The van der Waals surface area contributed by atoms with Crippen LogP contribution in [0, 0.1) is 5.41 Å². The lowest BCUT2D eigenvalue weighted by molar-refractivity contribution is 0.0899. The van der Waals surface area contributed by atoms with Crippen molar-refractivity contribution in [1.29, 1.82) is 0 Å². The van der Waals surface area contributed by atoms with Crippen LogP contribution in [-0.2, 0) is 0 Å². The van der Waals surface area contributed by atoms with Gasteiger partial charge in [0.2, 0.25) is 0 Å². The topological polar surface area (TPSA) is 29.1 Å². The summed E-state index contributed by atoms with van der Waals surface area (Å²) in [4.78, 5) is 13.0. The Labute approximate surface area is 128 Å². The van der Waals surface area contributed by atoms with E-state index in [0.717, 1.165) is 17.3 Å². The number of hydrogen-bond acceptors (Lipinski definition) is 2. The van der Waals surface area contributed by atoms with Gasteiger partial charge in [0.1, 0.15) is 0 Å². The second-order valence-corrected chi connectivity index (χ2v) is 7.49. The van der Waals surface area contributed by atoms with E-state index in [1.165, 1.54) is 12.8 Å². The first kappa shape index (κ1) is 14.9. The van der Waals surface area contributed by atoms with E-state index in [2.05, 4.69) is 47.7 Å². The van der Waals surface area contributed by atoms with Gasteiger partial charge in [0, 0.05) is 15.4 Å². The van der Waals surface area contributed by atoms with Crippen LogP contribution in [0.4, 0.5) is 0 Å². The van der Waals surface area contributed by atoms with Crippen LogP contribution in [0.5, 0.6) is 0 Å². The van der Waals surface area contributed by atoms with Crippen LogP contribution < -0.4 is 5.32 Å². The molecule has 1 aliphatic carbocycles. The van der Waals surface area contributed by atoms with Crippen molar-refractivity contribution in [3.8, 4) is 0 Å². The highest BCUT2D eigenvalue weighted by Gasteiger charge is 2.29. The number of thiol groups is 1. The lowest BCUT2D eigenvalue weighted by Gasteiger charge is -2.35. The molecular formula is C15H20BrNOS. The van der Waals surface area contributed by atoms with Crippen molar-refractivity contribution in [2.75, 3.05) is 0 Å². The highest BCUT2D eigenvalue weighted by molar-refractivity contribution is 9.10. The number of hydrogen-bond donors (Lipinski definition) is 2. The highest BCUT2D eigenvalue weighted by atomic mass is 79.9. The number of carbonyl (C=O) groups is 1. The Morgan fingerprint density at radius 2 is 2.21 bits per heavy atom. The Bertz CT molecular complexity index is 487. The van der Waals surface area contributed by atoms with Crippen molar-refractivity contribution in [3.05, 3.63) is 28.2 Å². The third kappa shape index (κ3) is 3.99. The molecule has 1 amide bonds. The van der Waals surface area contributed by atoms with Crippen molar-refractivity contribution in [3.63, 3.8) is 0 Å². The fourth-order valence-electron chi connectivity index (χ4n) is 2.78. The van der Waals surface area contributed by atoms with Crippen molar-refractivity contribution in [2.45, 2.75) is 50.5 Å². The number of halogens is 1. The molecule has 2 nitrogen and oxygen atoms in total. The van der Waals surface area contributed by atoms with Crippen molar-refractivity contribution >= 4 is 34.5 Å². The minimum Gasteiger partial charge on any atom is -0.349 e. The molecule has 0 radical (unpaired) electrons. The molecule has 0 aromatic heterocycles. The zero-order valence-corrected chi connectivity index (χ0v) is 13.9. The average molecular weight is 342 g/mol. The van der Waals surface area contributed by atoms with Crippen LogP contribution in [0.2, 0.25) is 0 Å².